The fraction of sp³-hybridized carbons (Fsp3) is 0.320. The molecule has 0 bridgehead atoms. The number of piperidine rings is 1. The van der Waals surface area contributed by atoms with Crippen LogP contribution in [0, 0.1) is 0 Å². The number of rotatable bonds is 6. The maximum atomic E-state index is 13.1. The molecule has 4 aromatic rings. The minimum Gasteiger partial charge on any atom is -0.356 e. The number of hydrogen-bond acceptors (Lipinski definition) is 7. The first-order valence-corrected chi connectivity index (χ1v) is 11.2. The number of aryl methyl sites for hydroxylation is 1. The molecule has 1 aliphatic heterocycles. The van der Waals surface area contributed by atoms with Gasteiger partial charge in [0.1, 0.15) is 5.82 Å². The van der Waals surface area contributed by atoms with Gasteiger partial charge < -0.3 is 10.2 Å². The van der Waals surface area contributed by atoms with E-state index < -0.39 is 0 Å². The van der Waals surface area contributed by atoms with E-state index in [0.717, 1.165) is 59.5 Å². The van der Waals surface area contributed by atoms with Crippen LogP contribution in [0.3, 0.4) is 0 Å². The second-order valence-corrected chi connectivity index (χ2v) is 8.55. The third kappa shape index (κ3) is 4.61. The van der Waals surface area contributed by atoms with E-state index in [2.05, 4.69) is 30.3 Å². The molecule has 0 amide bonds. The lowest BCUT2D eigenvalue weighted by atomic mass is 10.0. The number of nitrogens with zero attached hydrogens (tertiary/aromatic N) is 6. The Bertz CT molecular complexity index is 1290. The van der Waals surface area contributed by atoms with Gasteiger partial charge in [-0.1, -0.05) is 0 Å². The summed E-state index contributed by atoms with van der Waals surface area (Å²) in [5, 5.41) is 9.51. The summed E-state index contributed by atoms with van der Waals surface area (Å²) in [6.07, 6.45) is 11.4. The Kier molecular flexibility index (Phi) is 5.83. The lowest BCUT2D eigenvalue weighted by Crippen LogP contribution is -2.41. The van der Waals surface area contributed by atoms with E-state index in [9.17, 15) is 4.79 Å². The SMILES string of the molecule is CNC1CCN(c2cc(C(=O)Cc3cc4cc(-c5cnn(C)c5)ncc4cn3)ccn2)CC1. The van der Waals surface area contributed by atoms with Gasteiger partial charge in [0.05, 0.1) is 18.3 Å². The minimum absolute atomic E-state index is 0.0390. The first kappa shape index (κ1) is 21.2. The van der Waals surface area contributed by atoms with Crippen LogP contribution in [0.25, 0.3) is 22.0 Å². The number of pyridine rings is 3. The van der Waals surface area contributed by atoms with Crippen molar-refractivity contribution >= 4 is 22.4 Å². The number of hydrogen-bond donors (Lipinski definition) is 1. The highest BCUT2D eigenvalue weighted by Gasteiger charge is 2.20. The summed E-state index contributed by atoms with van der Waals surface area (Å²) in [6, 6.07) is 8.24. The first-order valence-electron chi connectivity index (χ1n) is 11.2. The summed E-state index contributed by atoms with van der Waals surface area (Å²) in [5.41, 5.74) is 3.21. The van der Waals surface area contributed by atoms with Crippen LogP contribution < -0.4 is 10.2 Å². The summed E-state index contributed by atoms with van der Waals surface area (Å²) in [6.45, 7) is 1.88. The summed E-state index contributed by atoms with van der Waals surface area (Å²) in [7, 11) is 3.89. The van der Waals surface area contributed by atoms with Gasteiger partial charge in [-0.05, 0) is 49.5 Å². The molecule has 0 radical (unpaired) electrons. The normalized spacial score (nSPS) is 14.7. The van der Waals surface area contributed by atoms with Crippen LogP contribution in [0.5, 0.6) is 0 Å². The third-order valence-electron chi connectivity index (χ3n) is 6.30. The lowest BCUT2D eigenvalue weighted by Gasteiger charge is -2.32. The highest BCUT2D eigenvalue weighted by molar-refractivity contribution is 5.98. The fourth-order valence-corrected chi connectivity index (χ4v) is 4.32. The van der Waals surface area contributed by atoms with Gasteiger partial charge >= 0.3 is 0 Å². The van der Waals surface area contributed by atoms with Crippen molar-refractivity contribution in [2.45, 2.75) is 25.3 Å². The zero-order valence-electron chi connectivity index (χ0n) is 18.9. The maximum Gasteiger partial charge on any atom is 0.169 e. The Morgan fingerprint density at radius 3 is 2.64 bits per heavy atom. The van der Waals surface area contributed by atoms with Crippen LogP contribution in [0.15, 0.2) is 55.2 Å². The number of carbonyl (C=O) groups excluding carboxylic acids is 1. The molecule has 168 valence electrons. The molecule has 1 fully saturated rings. The van der Waals surface area contributed by atoms with Crippen molar-refractivity contribution < 1.29 is 4.79 Å². The molecule has 1 aliphatic rings. The molecule has 5 rings (SSSR count). The zero-order chi connectivity index (χ0) is 22.8. The molecule has 8 heteroatoms. The molecule has 5 heterocycles. The van der Waals surface area contributed by atoms with Crippen LogP contribution >= 0.6 is 0 Å². The second kappa shape index (κ2) is 9.07. The molecule has 1 N–H and O–H groups in total. The lowest BCUT2D eigenvalue weighted by molar-refractivity contribution is 0.0992. The molecule has 0 unspecified atom stereocenters. The molecule has 0 aromatic carbocycles. The van der Waals surface area contributed by atoms with E-state index >= 15 is 0 Å². The Morgan fingerprint density at radius 1 is 1.06 bits per heavy atom. The molecule has 1 saturated heterocycles. The van der Waals surface area contributed by atoms with Gasteiger partial charge in [0, 0.05) is 73.2 Å². The molecule has 33 heavy (non-hydrogen) atoms. The monoisotopic (exact) mass is 441 g/mol. The Hall–Kier alpha value is -3.65. The standard InChI is InChI=1S/C25H27N7O/c1-26-21-4-7-32(8-5-21)25-11-17(3-6-27-25)24(33)12-22-9-18-10-23(20-15-30-31(2)16-20)29-14-19(18)13-28-22/h3,6,9-11,13-16,21,26H,4-5,7-8,12H2,1-2H3. The van der Waals surface area contributed by atoms with Gasteiger partial charge in [-0.2, -0.15) is 5.10 Å². The van der Waals surface area contributed by atoms with Crippen LogP contribution in [0.2, 0.25) is 0 Å². The van der Waals surface area contributed by atoms with E-state index in [1.165, 1.54) is 0 Å². The summed E-state index contributed by atoms with van der Waals surface area (Å²) >= 11 is 0. The first-order chi connectivity index (χ1) is 16.1. The molecule has 0 spiro atoms. The van der Waals surface area contributed by atoms with E-state index in [-0.39, 0.29) is 12.2 Å². The summed E-state index contributed by atoms with van der Waals surface area (Å²) in [4.78, 5) is 28.8. The summed E-state index contributed by atoms with van der Waals surface area (Å²) < 4.78 is 1.75. The Morgan fingerprint density at radius 2 is 1.88 bits per heavy atom. The maximum absolute atomic E-state index is 13.1. The van der Waals surface area contributed by atoms with E-state index in [0.29, 0.717) is 11.6 Å². The zero-order valence-corrected chi connectivity index (χ0v) is 18.9. The van der Waals surface area contributed by atoms with Crippen molar-refractivity contribution in [2.75, 3.05) is 25.0 Å². The number of carbonyl (C=O) groups is 1. The predicted octanol–water partition coefficient (Wildman–Crippen LogP) is 3.04. The van der Waals surface area contributed by atoms with Crippen molar-refractivity contribution in [2.24, 2.45) is 7.05 Å². The average molecular weight is 442 g/mol. The molecule has 4 aromatic heterocycles. The van der Waals surface area contributed by atoms with Crippen molar-refractivity contribution in [1.82, 2.24) is 30.0 Å². The van der Waals surface area contributed by atoms with E-state index in [1.54, 1.807) is 29.3 Å². The van der Waals surface area contributed by atoms with Crippen molar-refractivity contribution in [1.29, 1.82) is 0 Å². The number of aromatic nitrogens is 5. The Labute approximate surface area is 192 Å². The van der Waals surface area contributed by atoms with Crippen molar-refractivity contribution in [3.63, 3.8) is 0 Å². The smallest absolute Gasteiger partial charge is 0.169 e. The van der Waals surface area contributed by atoms with Gasteiger partial charge in [-0.25, -0.2) is 4.98 Å². The van der Waals surface area contributed by atoms with Crippen LogP contribution in [0.4, 0.5) is 5.82 Å². The molecular weight excluding hydrogens is 414 g/mol. The minimum atomic E-state index is 0.0390. The van der Waals surface area contributed by atoms with E-state index in [1.807, 2.05) is 44.7 Å². The van der Waals surface area contributed by atoms with Gasteiger partial charge in [0.15, 0.2) is 5.78 Å². The van der Waals surface area contributed by atoms with Gasteiger partial charge in [-0.15, -0.1) is 0 Å². The fourth-order valence-electron chi connectivity index (χ4n) is 4.32. The molecule has 0 aliphatic carbocycles. The van der Waals surface area contributed by atoms with Crippen molar-refractivity contribution in [3.05, 3.63) is 66.5 Å². The molecule has 0 atom stereocenters. The number of ketones is 1. The molecular formula is C25H27N7O. The predicted molar refractivity (Wildman–Crippen MR) is 128 cm³/mol. The topological polar surface area (TPSA) is 88.8 Å². The van der Waals surface area contributed by atoms with Crippen LogP contribution in [-0.2, 0) is 13.5 Å². The Balaban J connectivity index is 1.33. The number of Topliss-reactive ketones (excluding diaryl/α,β-unsaturated/α-hetero) is 1. The molecule has 0 saturated carbocycles. The quantitative estimate of drug-likeness (QED) is 0.460. The third-order valence-corrected chi connectivity index (χ3v) is 6.30. The molecule has 8 nitrogen and oxygen atoms in total. The van der Waals surface area contributed by atoms with Crippen molar-refractivity contribution in [3.8, 4) is 11.3 Å². The van der Waals surface area contributed by atoms with Gasteiger partial charge in [-0.3, -0.25) is 19.4 Å². The number of nitrogens with one attached hydrogen (secondary N) is 1. The number of fused-ring (bicyclic) bond motifs is 1. The van der Waals surface area contributed by atoms with Gasteiger partial charge in [0.25, 0.3) is 0 Å². The van der Waals surface area contributed by atoms with Crippen LogP contribution in [-0.4, -0.2) is 56.7 Å². The van der Waals surface area contributed by atoms with Crippen LogP contribution in [0.1, 0.15) is 28.9 Å². The highest BCUT2D eigenvalue weighted by atomic mass is 16.1. The largest absolute Gasteiger partial charge is 0.356 e. The summed E-state index contributed by atoms with van der Waals surface area (Å²) in [5.74, 6) is 0.909. The second-order valence-electron chi connectivity index (χ2n) is 8.55. The van der Waals surface area contributed by atoms with Gasteiger partial charge in [0.2, 0.25) is 0 Å². The average Bonchev–Trinajstić information content (AvgIpc) is 3.30. The highest BCUT2D eigenvalue weighted by Crippen LogP contribution is 2.23. The number of anilines is 1. The van der Waals surface area contributed by atoms with E-state index in [4.69, 9.17) is 0 Å².